The van der Waals surface area contributed by atoms with Crippen LogP contribution in [0.15, 0.2) is 91.0 Å². The molecule has 93 heavy (non-hydrogen) atoms. The van der Waals surface area contributed by atoms with Crippen LogP contribution in [-0.2, 0) is 76.8 Å². The molecule has 0 bridgehead atoms. The number of carbonyl (C=O) groups is 12. The monoisotopic (exact) mass is 1290 g/mol. The van der Waals surface area contributed by atoms with Crippen LogP contribution in [0.3, 0.4) is 0 Å². The van der Waals surface area contributed by atoms with Gasteiger partial charge in [-0.25, -0.2) is 0 Å². The summed E-state index contributed by atoms with van der Waals surface area (Å²) in [5.74, 6) is -10.2. The van der Waals surface area contributed by atoms with Crippen molar-refractivity contribution in [2.75, 3.05) is 61.9 Å². The van der Waals surface area contributed by atoms with Gasteiger partial charge in [-0.2, -0.15) is 0 Å². The minimum absolute atomic E-state index is 0.0342. The fourth-order valence-corrected chi connectivity index (χ4v) is 11.3. The molecule has 25 heteroatoms. The minimum Gasteiger partial charge on any atom is -0.391 e. The van der Waals surface area contributed by atoms with Gasteiger partial charge in [0.2, 0.25) is 70.9 Å². The van der Waals surface area contributed by atoms with E-state index in [0.29, 0.717) is 29.8 Å². The molecular weight excluding hydrogens is 1190 g/mol. The normalized spacial score (nSPS) is 23.9. The molecule has 0 saturated carbocycles. The molecule has 0 aliphatic carbocycles. The first-order chi connectivity index (χ1) is 43.8. The SMILES string of the molecule is CC(C)C[C@H]1C(=O)N[C@@H](Cc2ccccc2)C(=O)N[C@H](C(=O)N(C)[C@@H](Cc2ccccc2)C(=O)N[C@@H](C)C(=O)N2CCCCC2)CC(=O)N(C)[C@@H](C)C(=O)N[C@@H]([C@@H](C)O)C(=O)N(C)[C@@H](C)C(=O)N[C@@H](C(C)C)C(=O)N(C)CC(=O)N(C)[C@@H](Cc2ccccc2)C(=O)N1C. The number of likely N-dealkylation sites (tertiary alicyclic amines) is 1. The third-order valence-electron chi connectivity index (χ3n) is 17.6. The van der Waals surface area contributed by atoms with Crippen LogP contribution in [0.4, 0.5) is 0 Å². The van der Waals surface area contributed by atoms with Gasteiger partial charge in [-0.1, -0.05) is 119 Å². The van der Waals surface area contributed by atoms with Crippen molar-refractivity contribution in [3.05, 3.63) is 108 Å². The largest absolute Gasteiger partial charge is 0.391 e. The van der Waals surface area contributed by atoms with Gasteiger partial charge >= 0.3 is 0 Å². The van der Waals surface area contributed by atoms with Gasteiger partial charge in [0.15, 0.2) is 0 Å². The number of benzene rings is 3. The number of aliphatic hydroxyl groups excluding tert-OH is 1. The van der Waals surface area contributed by atoms with Crippen LogP contribution >= 0.6 is 0 Å². The molecule has 12 amide bonds. The molecule has 0 radical (unpaired) electrons. The number of nitrogens with zero attached hydrogens (tertiary/aromatic N) is 7. The number of likely N-dealkylation sites (N-methyl/N-ethyl adjacent to an activating group) is 6. The number of hydrogen-bond acceptors (Lipinski definition) is 13. The molecule has 508 valence electrons. The lowest BCUT2D eigenvalue weighted by Gasteiger charge is -2.36. The molecule has 3 aromatic carbocycles. The van der Waals surface area contributed by atoms with E-state index < -0.39 is 150 Å². The topological polar surface area (TPSA) is 308 Å². The number of amides is 12. The summed E-state index contributed by atoms with van der Waals surface area (Å²) in [5, 5.41) is 24.6. The molecule has 11 atom stereocenters. The standard InChI is InChI=1S/C68H98N12O13/c1-41(2)35-52-63(88)70-50(36-47-27-19-15-20-28-47)61(86)71-51(65(90)78(13)53(37-48-29-21-16-22-30-48)62(87)69-43(5)64(89)80-33-25-18-26-34-80)39-55(82)75(10)44(6)59(84)73-58(46(8)81)68(93)76(11)45(7)60(85)72-57(42(3)4)67(92)74(9)40-56(83)77(12)54(66(91)79(52)14)38-49-31-23-17-24-32-49/h15-17,19-24,27-32,41-46,50-54,57-58,81H,18,25-26,33-40H2,1-14H3,(H,69,87)(H,70,88)(H,71,86)(H,72,85)(H,73,84)/t43-,44-,45-,46+,50-,51-,52-,53-,54-,57-,58-/m0/s1. The first kappa shape index (κ1) is 75.0. The molecule has 25 nitrogen and oxygen atoms in total. The van der Waals surface area contributed by atoms with E-state index in [2.05, 4.69) is 26.6 Å². The Kier molecular flexibility index (Phi) is 28.0. The lowest BCUT2D eigenvalue weighted by atomic mass is 9.98. The van der Waals surface area contributed by atoms with Crippen molar-refractivity contribution in [2.24, 2.45) is 11.8 Å². The smallest absolute Gasteiger partial charge is 0.248 e. The predicted molar refractivity (Wildman–Crippen MR) is 349 cm³/mol. The van der Waals surface area contributed by atoms with Gasteiger partial charge < -0.3 is 66.0 Å². The van der Waals surface area contributed by atoms with Crippen LogP contribution < -0.4 is 26.6 Å². The van der Waals surface area contributed by atoms with Gasteiger partial charge in [0, 0.05) is 74.6 Å². The van der Waals surface area contributed by atoms with Gasteiger partial charge in [0.05, 0.1) is 19.1 Å². The summed E-state index contributed by atoms with van der Waals surface area (Å²) in [6.45, 7) is 13.0. The maximum atomic E-state index is 15.5. The average molecular weight is 1290 g/mol. The van der Waals surface area contributed by atoms with Gasteiger partial charge in [-0.15, -0.1) is 0 Å². The predicted octanol–water partition coefficient (Wildman–Crippen LogP) is 1.29. The van der Waals surface area contributed by atoms with E-state index in [-0.39, 0.29) is 37.5 Å². The van der Waals surface area contributed by atoms with Gasteiger partial charge in [-0.3, -0.25) is 57.5 Å². The summed E-state index contributed by atoms with van der Waals surface area (Å²) in [6, 6.07) is 12.2. The Bertz CT molecular complexity index is 3090. The van der Waals surface area contributed by atoms with Gasteiger partial charge in [0.1, 0.15) is 60.4 Å². The summed E-state index contributed by atoms with van der Waals surface area (Å²) >= 11 is 0. The molecule has 3 aromatic rings. The molecule has 0 unspecified atom stereocenters. The summed E-state index contributed by atoms with van der Waals surface area (Å²) in [7, 11) is 8.01. The maximum Gasteiger partial charge on any atom is 0.248 e. The number of rotatable bonds is 15. The Balaban J connectivity index is 1.66. The molecule has 5 rings (SSSR count). The zero-order valence-corrected chi connectivity index (χ0v) is 56.4. The summed E-state index contributed by atoms with van der Waals surface area (Å²) in [6.07, 6.45) is -0.129. The van der Waals surface area contributed by atoms with Crippen molar-refractivity contribution in [1.29, 1.82) is 0 Å². The maximum absolute atomic E-state index is 15.5. The van der Waals surface area contributed by atoms with E-state index in [1.165, 1.54) is 72.9 Å². The lowest BCUT2D eigenvalue weighted by Crippen LogP contribution is -2.62. The Morgan fingerprint density at radius 1 is 0.570 bits per heavy atom. The van der Waals surface area contributed by atoms with Crippen molar-refractivity contribution >= 4 is 70.9 Å². The first-order valence-electron chi connectivity index (χ1n) is 32.0. The third kappa shape index (κ3) is 20.6. The molecule has 0 spiro atoms. The highest BCUT2D eigenvalue weighted by Crippen LogP contribution is 2.21. The van der Waals surface area contributed by atoms with Crippen LogP contribution in [0.2, 0.25) is 0 Å². The number of nitrogens with one attached hydrogen (secondary N) is 5. The highest BCUT2D eigenvalue weighted by molar-refractivity contribution is 6.00. The molecule has 2 fully saturated rings. The van der Waals surface area contributed by atoms with Crippen LogP contribution in [0.1, 0.15) is 104 Å². The van der Waals surface area contributed by atoms with E-state index in [9.17, 15) is 43.5 Å². The van der Waals surface area contributed by atoms with E-state index in [1.54, 1.807) is 117 Å². The second-order valence-corrected chi connectivity index (χ2v) is 25.5. The zero-order valence-electron chi connectivity index (χ0n) is 56.4. The zero-order chi connectivity index (χ0) is 69.1. The molecule has 2 aliphatic heterocycles. The third-order valence-corrected chi connectivity index (χ3v) is 17.6. The van der Waals surface area contributed by atoms with Crippen molar-refractivity contribution in [3.8, 4) is 0 Å². The van der Waals surface area contributed by atoms with Crippen molar-refractivity contribution in [3.63, 3.8) is 0 Å². The van der Waals surface area contributed by atoms with Gasteiger partial charge in [-0.05, 0) is 81.9 Å². The van der Waals surface area contributed by atoms with E-state index >= 15 is 19.2 Å². The van der Waals surface area contributed by atoms with Crippen molar-refractivity contribution < 1.29 is 62.6 Å². The fraction of sp³-hybridized carbons (Fsp3) is 0.559. The molecule has 6 N–H and O–H groups in total. The number of aliphatic hydroxyl groups is 1. The number of carbonyl (C=O) groups excluding carboxylic acids is 12. The lowest BCUT2D eigenvalue weighted by molar-refractivity contribution is -0.150. The molecule has 2 saturated heterocycles. The van der Waals surface area contributed by atoms with Crippen molar-refractivity contribution in [1.82, 2.24) is 60.9 Å². The Morgan fingerprint density at radius 3 is 1.61 bits per heavy atom. The minimum atomic E-state index is -1.84. The van der Waals surface area contributed by atoms with E-state index in [1.807, 2.05) is 13.8 Å². The average Bonchev–Trinajstić information content (AvgIpc) is 0.958. The molecule has 2 aliphatic rings. The highest BCUT2D eigenvalue weighted by atomic mass is 16.3. The van der Waals surface area contributed by atoms with Crippen LogP contribution in [-0.4, -0.2) is 239 Å². The Labute approximate surface area is 547 Å². The highest BCUT2D eigenvalue weighted by Gasteiger charge is 2.42. The van der Waals surface area contributed by atoms with Crippen LogP contribution in [0.5, 0.6) is 0 Å². The quantitative estimate of drug-likeness (QED) is 0.125. The Morgan fingerprint density at radius 2 is 1.09 bits per heavy atom. The van der Waals surface area contributed by atoms with Crippen LogP contribution in [0, 0.1) is 11.8 Å². The summed E-state index contributed by atoms with van der Waals surface area (Å²) < 4.78 is 0. The van der Waals surface area contributed by atoms with Crippen LogP contribution in [0.25, 0.3) is 0 Å². The fourth-order valence-electron chi connectivity index (χ4n) is 11.3. The molecule has 2 heterocycles. The number of piperidine rings is 1. The second-order valence-electron chi connectivity index (χ2n) is 25.5. The second kappa shape index (κ2) is 34.8. The molecule has 0 aromatic heterocycles. The van der Waals surface area contributed by atoms with E-state index in [0.717, 1.165) is 38.9 Å². The van der Waals surface area contributed by atoms with Crippen molar-refractivity contribution in [2.45, 2.75) is 173 Å². The summed E-state index contributed by atoms with van der Waals surface area (Å²) in [5.41, 5.74) is 1.83. The molecular formula is C68H98N12O13. The number of hydrogen-bond donors (Lipinski definition) is 6. The summed E-state index contributed by atoms with van der Waals surface area (Å²) in [4.78, 5) is 184. The Hall–Kier alpha value is -8.74. The first-order valence-corrected chi connectivity index (χ1v) is 32.0. The van der Waals surface area contributed by atoms with E-state index in [4.69, 9.17) is 0 Å². The van der Waals surface area contributed by atoms with Gasteiger partial charge in [0.25, 0.3) is 0 Å².